The average molecular weight is 499 g/mol. The Morgan fingerprint density at radius 3 is 0.972 bits per heavy atom. The molecule has 0 atom stereocenters. The van der Waals surface area contributed by atoms with Crippen molar-refractivity contribution in [3.8, 4) is 0 Å². The number of rotatable bonds is 4. The molecule has 0 saturated carbocycles. The van der Waals surface area contributed by atoms with Gasteiger partial charge in [0.25, 0.3) is 0 Å². The quantitative estimate of drug-likeness (QED) is 0.382. The van der Waals surface area contributed by atoms with E-state index in [9.17, 15) is 14.5 Å². The zero-order valence-electron chi connectivity index (χ0n) is 18.9. The van der Waals surface area contributed by atoms with Gasteiger partial charge < -0.3 is 0 Å². The van der Waals surface area contributed by atoms with Gasteiger partial charge in [-0.15, -0.1) is 0 Å². The fourth-order valence-electron chi connectivity index (χ4n) is 4.74. The summed E-state index contributed by atoms with van der Waals surface area (Å²) in [5.41, 5.74) is -2.62. The Hall–Kier alpha value is -3.87. The molecule has 0 radical (unpaired) electrons. The molecule has 2 fully saturated rings. The number of carbonyl (C=O) groups is 2. The van der Waals surface area contributed by atoms with E-state index in [4.69, 9.17) is 18.1 Å². The summed E-state index contributed by atoms with van der Waals surface area (Å²) < 4.78 is 23.0. The molecule has 0 N–H and O–H groups in total. The molecular weight excluding hydrogens is 479 g/mol. The van der Waals surface area contributed by atoms with Gasteiger partial charge in [-0.3, -0.25) is 0 Å². The van der Waals surface area contributed by atoms with E-state index in [1.807, 2.05) is 0 Å². The summed E-state index contributed by atoms with van der Waals surface area (Å²) in [6, 6.07) is 33.9. The van der Waals surface area contributed by atoms with E-state index >= 15 is 0 Å². The van der Waals surface area contributed by atoms with Crippen molar-refractivity contribution in [2.24, 2.45) is 0 Å². The van der Waals surface area contributed by atoms with E-state index in [0.717, 1.165) is 0 Å². The summed E-state index contributed by atoms with van der Waals surface area (Å²) in [6.07, 6.45) is 0. The summed E-state index contributed by atoms with van der Waals surface area (Å²) >= 11 is 0. The number of carbonyl (C=O) groups excluding carboxylic acids is 2. The molecule has 0 aliphatic carbocycles. The van der Waals surface area contributed by atoms with E-state index in [1.54, 1.807) is 121 Å². The zero-order valence-corrected chi connectivity index (χ0v) is 19.7. The molecule has 8 heteroatoms. The van der Waals surface area contributed by atoms with Gasteiger partial charge in [-0.2, -0.15) is 0 Å². The van der Waals surface area contributed by atoms with E-state index in [0.29, 0.717) is 22.3 Å². The summed E-state index contributed by atoms with van der Waals surface area (Å²) in [5, 5.41) is 0. The standard InChI is InChI=1S/C28H20O7P/c29-25-27(21-13-5-1-6-14-21,22-15-7-2-8-16-22)34-36(31,32-25)33-26(30)28(35-36,23-17-9-3-10-18-23)24-19-11-4-12-20-24/h1-20H/q-1. The Morgan fingerprint density at radius 2 is 0.722 bits per heavy atom. The number of hydrogen-bond acceptors (Lipinski definition) is 7. The van der Waals surface area contributed by atoms with Crippen LogP contribution in [0.15, 0.2) is 121 Å². The maximum absolute atomic E-state index is 14.6. The van der Waals surface area contributed by atoms with Crippen LogP contribution < -0.4 is 4.89 Å². The molecule has 0 aromatic heterocycles. The number of hydrogen-bond donors (Lipinski definition) is 0. The van der Waals surface area contributed by atoms with Gasteiger partial charge in [0.1, 0.15) is 0 Å². The van der Waals surface area contributed by atoms with Crippen molar-refractivity contribution in [1.82, 2.24) is 0 Å². The van der Waals surface area contributed by atoms with Crippen LogP contribution >= 0.6 is 7.74 Å². The van der Waals surface area contributed by atoms with E-state index in [1.165, 1.54) is 0 Å². The third-order valence-corrected chi connectivity index (χ3v) is 8.40. The average Bonchev–Trinajstić information content (AvgIpc) is 3.32. The maximum atomic E-state index is 14.6. The topological polar surface area (TPSA) is 94.1 Å². The molecule has 1 spiro atoms. The monoisotopic (exact) mass is 499 g/mol. The number of benzene rings is 4. The van der Waals surface area contributed by atoms with Crippen molar-refractivity contribution in [2.45, 2.75) is 11.2 Å². The first-order chi connectivity index (χ1) is 17.4. The molecule has 0 bridgehead atoms. The first-order valence-corrected chi connectivity index (χ1v) is 13.1. The van der Waals surface area contributed by atoms with Crippen LogP contribution in [0.2, 0.25) is 0 Å². The molecule has 7 nitrogen and oxygen atoms in total. The van der Waals surface area contributed by atoms with E-state index in [-0.39, 0.29) is 0 Å². The second-order valence-corrected chi connectivity index (χ2v) is 10.7. The van der Waals surface area contributed by atoms with Gasteiger partial charge in [-0.25, -0.2) is 0 Å². The fraction of sp³-hybridized carbons (Fsp3) is 0.0714. The second kappa shape index (κ2) is 7.82. The first-order valence-electron chi connectivity index (χ1n) is 11.3. The van der Waals surface area contributed by atoms with Crippen LogP contribution in [0.5, 0.6) is 0 Å². The molecule has 0 unspecified atom stereocenters. The first kappa shape index (κ1) is 22.6. The molecule has 2 aliphatic rings. The molecule has 0 amide bonds. The predicted octanol–water partition coefficient (Wildman–Crippen LogP) is 4.51. The van der Waals surface area contributed by atoms with Crippen molar-refractivity contribution >= 4 is 19.7 Å². The summed E-state index contributed by atoms with van der Waals surface area (Å²) in [4.78, 5) is 42.0. The van der Waals surface area contributed by atoms with Gasteiger partial charge in [0.05, 0.1) is 0 Å². The second-order valence-electron chi connectivity index (χ2n) is 8.51. The molecule has 2 heterocycles. The van der Waals surface area contributed by atoms with E-state index in [2.05, 4.69) is 0 Å². The molecular formula is C28H20O7P-. The van der Waals surface area contributed by atoms with Crippen molar-refractivity contribution in [3.63, 3.8) is 0 Å². The Morgan fingerprint density at radius 1 is 0.472 bits per heavy atom. The molecule has 4 aromatic carbocycles. The zero-order chi connectivity index (χ0) is 24.9. The molecule has 2 saturated heterocycles. The molecule has 2 aliphatic heterocycles. The van der Waals surface area contributed by atoms with E-state index < -0.39 is 30.9 Å². The normalized spacial score (nSPS) is 21.8. The Kier molecular flexibility index (Phi) is 4.90. The molecule has 6 rings (SSSR count). The van der Waals surface area contributed by atoms with Crippen LogP contribution in [0.1, 0.15) is 22.3 Å². The van der Waals surface area contributed by atoms with Gasteiger partial charge in [-0.1, -0.05) is 0 Å². The van der Waals surface area contributed by atoms with Crippen LogP contribution in [-0.2, 0) is 38.9 Å². The predicted molar refractivity (Wildman–Crippen MR) is 129 cm³/mol. The Bertz CT molecular complexity index is 1250. The van der Waals surface area contributed by atoms with Crippen LogP contribution in [0.25, 0.3) is 0 Å². The van der Waals surface area contributed by atoms with Crippen molar-refractivity contribution in [3.05, 3.63) is 144 Å². The van der Waals surface area contributed by atoms with Crippen molar-refractivity contribution in [1.29, 1.82) is 0 Å². The van der Waals surface area contributed by atoms with Crippen molar-refractivity contribution in [2.75, 3.05) is 0 Å². The van der Waals surface area contributed by atoms with Gasteiger partial charge in [0.15, 0.2) is 0 Å². The van der Waals surface area contributed by atoms with Crippen LogP contribution in [0.3, 0.4) is 0 Å². The van der Waals surface area contributed by atoms with Crippen molar-refractivity contribution < 1.29 is 32.6 Å². The van der Waals surface area contributed by atoms with Gasteiger partial charge >= 0.3 is 207 Å². The van der Waals surface area contributed by atoms with Crippen LogP contribution in [-0.4, -0.2) is 11.9 Å². The molecule has 4 aromatic rings. The summed E-state index contributed by atoms with van der Waals surface area (Å²) in [5.74, 6) is -2.03. The fourth-order valence-corrected chi connectivity index (χ4v) is 7.23. The minimum absolute atomic E-state index is 0.343. The summed E-state index contributed by atoms with van der Waals surface area (Å²) in [6.45, 7) is 0. The van der Waals surface area contributed by atoms with Crippen LogP contribution in [0, 0.1) is 0 Å². The van der Waals surface area contributed by atoms with Gasteiger partial charge in [-0.05, 0) is 0 Å². The van der Waals surface area contributed by atoms with Gasteiger partial charge in [0.2, 0.25) is 0 Å². The Balaban J connectivity index is 1.56. The third-order valence-electron chi connectivity index (χ3n) is 6.33. The SMILES string of the molecule is O=C1OP2([O-])(OC(=O)C(c3ccccc3)(c3ccccc3)O2)OC1(c1ccccc1)c1ccccc1. The summed E-state index contributed by atoms with van der Waals surface area (Å²) in [7, 11) is -6.06. The Labute approximate surface area is 207 Å². The van der Waals surface area contributed by atoms with Gasteiger partial charge in [0, 0.05) is 0 Å². The molecule has 36 heavy (non-hydrogen) atoms. The third kappa shape index (κ3) is 3.15. The molecule has 180 valence electrons. The minimum atomic E-state index is -6.06. The van der Waals surface area contributed by atoms with Crippen LogP contribution in [0.4, 0.5) is 0 Å².